The molecule has 0 saturated heterocycles. The number of amides is 1. The van der Waals surface area contributed by atoms with Crippen LogP contribution >= 0.6 is 45.2 Å². The van der Waals surface area contributed by atoms with Crippen molar-refractivity contribution in [2.75, 3.05) is 0 Å². The van der Waals surface area contributed by atoms with Gasteiger partial charge in [0.05, 0.1) is 0 Å². The first-order valence-corrected chi connectivity index (χ1v) is 9.71. The Morgan fingerprint density at radius 2 is 1.27 bits per heavy atom. The normalized spacial score (nSPS) is 15.0. The fourth-order valence-corrected chi connectivity index (χ4v) is 5.01. The van der Waals surface area contributed by atoms with E-state index in [1.807, 2.05) is 0 Å². The van der Waals surface area contributed by atoms with Gasteiger partial charge in [0.2, 0.25) is 5.91 Å². The van der Waals surface area contributed by atoms with Crippen molar-refractivity contribution in [3.05, 3.63) is 54.7 Å². The molecule has 0 radical (unpaired) electrons. The van der Waals surface area contributed by atoms with Crippen LogP contribution in [-0.2, 0) is 5.67 Å². The van der Waals surface area contributed by atoms with E-state index >= 15 is 0 Å². The van der Waals surface area contributed by atoms with Gasteiger partial charge >= 0.3 is 23.9 Å². The summed E-state index contributed by atoms with van der Waals surface area (Å²) < 4.78 is 119. The molecule has 13 heteroatoms. The van der Waals surface area contributed by atoms with E-state index in [0.717, 1.165) is 0 Å². The summed E-state index contributed by atoms with van der Waals surface area (Å²) in [4.78, 5) is 11.6. The van der Waals surface area contributed by atoms with Crippen LogP contribution in [0.1, 0.15) is 15.9 Å². The summed E-state index contributed by atoms with van der Waals surface area (Å²) in [7, 11) is 0. The first-order chi connectivity index (χ1) is 13.5. The Hall–Kier alpha value is -1.26. The predicted molar refractivity (Wildman–Crippen MR) is 106 cm³/mol. The highest BCUT2D eigenvalue weighted by Crippen LogP contribution is 2.58. The van der Waals surface area contributed by atoms with Gasteiger partial charge in [0.25, 0.3) is 0 Å². The zero-order valence-corrected chi connectivity index (χ0v) is 18.4. The Morgan fingerprint density at radius 1 is 0.800 bits per heavy atom. The van der Waals surface area contributed by atoms with E-state index in [1.54, 1.807) is 0 Å². The van der Waals surface area contributed by atoms with E-state index in [9.17, 15) is 44.3 Å². The van der Waals surface area contributed by atoms with Crippen molar-refractivity contribution in [1.82, 2.24) is 0 Å². The van der Waals surface area contributed by atoms with Crippen molar-refractivity contribution in [3.8, 4) is 11.1 Å². The fourth-order valence-electron chi connectivity index (χ4n) is 2.66. The van der Waals surface area contributed by atoms with Crippen molar-refractivity contribution in [2.45, 2.75) is 23.9 Å². The minimum absolute atomic E-state index is 0.0224. The largest absolute Gasteiger partial charge is 0.457 e. The van der Waals surface area contributed by atoms with Gasteiger partial charge in [0, 0.05) is 23.8 Å². The lowest BCUT2D eigenvalue weighted by Gasteiger charge is -2.36. The van der Waals surface area contributed by atoms with Crippen molar-refractivity contribution in [3.63, 3.8) is 0 Å². The van der Waals surface area contributed by atoms with Gasteiger partial charge in [-0.05, 0) is 68.9 Å². The van der Waals surface area contributed by atoms with E-state index in [1.165, 1.54) is 69.4 Å². The smallest absolute Gasteiger partial charge is 0.366 e. The first-order valence-electron chi connectivity index (χ1n) is 7.55. The molecular formula is C17H8F9I2NO. The highest BCUT2D eigenvalue weighted by Gasteiger charge is 2.81. The molecular weight excluding hydrogens is 659 g/mol. The van der Waals surface area contributed by atoms with E-state index in [0.29, 0.717) is 0 Å². The molecule has 30 heavy (non-hydrogen) atoms. The Balaban J connectivity index is 2.84. The molecule has 0 fully saturated rings. The van der Waals surface area contributed by atoms with Crippen LogP contribution in [0.5, 0.6) is 0 Å². The molecule has 1 amide bonds. The van der Waals surface area contributed by atoms with Crippen LogP contribution in [0.25, 0.3) is 11.1 Å². The number of carbonyl (C=O) groups excluding carboxylic acids is 1. The highest BCUT2D eigenvalue weighted by atomic mass is 127. The maximum absolute atomic E-state index is 14.7. The average molecular weight is 667 g/mol. The zero-order valence-electron chi connectivity index (χ0n) is 14.1. The van der Waals surface area contributed by atoms with Gasteiger partial charge in [-0.3, -0.25) is 4.79 Å². The van der Waals surface area contributed by atoms with Gasteiger partial charge in [0.15, 0.2) is 0 Å². The highest BCUT2D eigenvalue weighted by molar-refractivity contribution is 14.1. The van der Waals surface area contributed by atoms with Crippen molar-refractivity contribution >= 4 is 51.1 Å². The van der Waals surface area contributed by atoms with Gasteiger partial charge < -0.3 is 5.73 Å². The molecule has 2 aromatic carbocycles. The monoisotopic (exact) mass is 667 g/mol. The molecule has 1 atom stereocenters. The number of rotatable bonds is 4. The molecule has 0 aromatic heterocycles. The second kappa shape index (κ2) is 8.02. The molecule has 0 bridgehead atoms. The second-order valence-electron chi connectivity index (χ2n) is 5.95. The van der Waals surface area contributed by atoms with E-state index in [2.05, 4.69) is 0 Å². The maximum atomic E-state index is 14.7. The fraction of sp³-hybridized carbons (Fsp3) is 0.235. The summed E-state index contributed by atoms with van der Waals surface area (Å²) >= 11 is 2.71. The summed E-state index contributed by atoms with van der Waals surface area (Å²) in [6, 6.07) is 5.97. The van der Waals surface area contributed by atoms with E-state index < -0.39 is 35.4 Å². The molecule has 0 aliphatic carbocycles. The Labute approximate surface area is 190 Å². The minimum Gasteiger partial charge on any atom is -0.366 e. The summed E-state index contributed by atoms with van der Waals surface area (Å²) in [6.45, 7) is 0. The molecule has 0 aliphatic rings. The lowest BCUT2D eigenvalue weighted by atomic mass is 9.86. The van der Waals surface area contributed by atoms with E-state index in [-0.39, 0.29) is 36.0 Å². The van der Waals surface area contributed by atoms with Gasteiger partial charge in [0.1, 0.15) is 0 Å². The number of hydrogen-bond acceptors (Lipinski definition) is 1. The standard InChI is InChI=1S/C17H8F9I2NO/c18-14(16(21,22)23,15(19,20)17(24,25)26)7-5-10(27)12(11(28)6-7)8-3-1-2-4-9(8)13(29)30/h1-6H,(H2,29,30). The Kier molecular flexibility index (Phi) is 6.68. The van der Waals surface area contributed by atoms with Crippen molar-refractivity contribution in [1.29, 1.82) is 0 Å². The maximum Gasteiger partial charge on any atom is 0.457 e. The number of hydrogen-bond donors (Lipinski definition) is 1. The molecule has 2 rings (SSSR count). The third-order valence-corrected chi connectivity index (χ3v) is 5.78. The quantitative estimate of drug-likeness (QED) is 0.291. The number of benzene rings is 2. The van der Waals surface area contributed by atoms with Crippen molar-refractivity contribution in [2.24, 2.45) is 5.73 Å². The summed E-state index contributed by atoms with van der Waals surface area (Å²) in [5.74, 6) is -7.68. The number of alkyl halides is 9. The lowest BCUT2D eigenvalue weighted by Crippen LogP contribution is -2.59. The molecule has 0 spiro atoms. The molecule has 2 nitrogen and oxygen atoms in total. The number of halogens is 11. The third kappa shape index (κ3) is 3.98. The topological polar surface area (TPSA) is 43.1 Å². The van der Waals surface area contributed by atoms with Gasteiger partial charge in [-0.1, -0.05) is 18.2 Å². The zero-order chi connectivity index (χ0) is 23.3. The van der Waals surface area contributed by atoms with Gasteiger partial charge in [-0.2, -0.15) is 35.1 Å². The Bertz CT molecular complexity index is 965. The van der Waals surface area contributed by atoms with Crippen LogP contribution < -0.4 is 5.73 Å². The number of carbonyl (C=O) groups is 1. The SMILES string of the molecule is NC(=O)c1ccccc1-c1c(I)cc(C(F)(C(F)(F)F)C(F)(F)C(F)(F)F)cc1I. The van der Waals surface area contributed by atoms with Crippen LogP contribution in [-0.4, -0.2) is 24.2 Å². The second-order valence-corrected chi connectivity index (χ2v) is 8.28. The molecule has 0 aliphatic heterocycles. The Morgan fingerprint density at radius 3 is 1.67 bits per heavy atom. The summed E-state index contributed by atoms with van der Waals surface area (Å²) in [5, 5.41) is 0. The summed E-state index contributed by atoms with van der Waals surface area (Å²) in [6.07, 6.45) is -13.4. The average Bonchev–Trinajstić information content (AvgIpc) is 2.58. The molecule has 0 heterocycles. The van der Waals surface area contributed by atoms with Gasteiger partial charge in [-0.15, -0.1) is 0 Å². The van der Waals surface area contributed by atoms with E-state index in [4.69, 9.17) is 5.73 Å². The van der Waals surface area contributed by atoms with Crippen LogP contribution in [0.4, 0.5) is 39.5 Å². The molecule has 2 aromatic rings. The molecule has 164 valence electrons. The van der Waals surface area contributed by atoms with Crippen LogP contribution in [0.15, 0.2) is 36.4 Å². The van der Waals surface area contributed by atoms with Crippen molar-refractivity contribution < 1.29 is 44.3 Å². The lowest BCUT2D eigenvalue weighted by molar-refractivity contribution is -0.389. The third-order valence-electron chi connectivity index (χ3n) is 4.08. The number of nitrogens with two attached hydrogens (primary N) is 1. The summed E-state index contributed by atoms with van der Waals surface area (Å²) in [5.41, 5.74) is -2.70. The van der Waals surface area contributed by atoms with Crippen LogP contribution in [0, 0.1) is 7.14 Å². The number of primary amides is 1. The minimum atomic E-state index is -6.81. The molecule has 1 unspecified atom stereocenters. The van der Waals surface area contributed by atoms with Gasteiger partial charge in [-0.25, -0.2) is 4.39 Å². The van der Waals surface area contributed by atoms with Crippen LogP contribution in [0.3, 0.4) is 0 Å². The molecule has 2 N–H and O–H groups in total. The predicted octanol–water partition coefficient (Wildman–Crippen LogP) is 6.59. The molecule has 0 saturated carbocycles. The van der Waals surface area contributed by atoms with Crippen LogP contribution in [0.2, 0.25) is 0 Å². The first kappa shape index (κ1) is 25.0.